The number of rotatable bonds is 3. The van der Waals surface area contributed by atoms with Crippen LogP contribution in [0, 0.1) is 13.8 Å². The first kappa shape index (κ1) is 17.5. The van der Waals surface area contributed by atoms with Crippen LogP contribution in [0.1, 0.15) is 17.0 Å². The fourth-order valence-corrected chi connectivity index (χ4v) is 3.48. The molecule has 2 N–H and O–H groups in total. The second kappa shape index (κ2) is 7.03. The number of phenols is 1. The fraction of sp³-hybridized carbons (Fsp3) is 0.421. The highest BCUT2D eigenvalue weighted by Crippen LogP contribution is 2.37. The first-order valence-corrected chi connectivity index (χ1v) is 8.96. The standard InChI is InChI=1S/C19H22N4O4/c1-11-7-20-12(2)17(22-11)13-5-14-9-23(10-15-8-21-19(25)27-15)3-4-26-18(14)16(24)6-13/h5-7,15,24H,3-4,8-10H2,1-2H3,(H,21,25). The maximum absolute atomic E-state index is 11.2. The maximum atomic E-state index is 11.2. The van der Waals surface area contributed by atoms with E-state index in [4.69, 9.17) is 9.47 Å². The summed E-state index contributed by atoms with van der Waals surface area (Å²) in [5.74, 6) is 0.599. The lowest BCUT2D eigenvalue weighted by Gasteiger charge is -2.22. The second-order valence-corrected chi connectivity index (χ2v) is 6.92. The van der Waals surface area contributed by atoms with Gasteiger partial charge in [0.1, 0.15) is 12.7 Å². The molecule has 3 heterocycles. The summed E-state index contributed by atoms with van der Waals surface area (Å²) < 4.78 is 11.0. The third-order valence-electron chi connectivity index (χ3n) is 4.75. The van der Waals surface area contributed by atoms with Crippen LogP contribution in [-0.2, 0) is 11.3 Å². The van der Waals surface area contributed by atoms with E-state index >= 15 is 0 Å². The molecule has 0 saturated carbocycles. The lowest BCUT2D eigenvalue weighted by molar-refractivity contribution is 0.103. The number of nitrogens with one attached hydrogen (secondary N) is 1. The molecule has 8 heteroatoms. The SMILES string of the molecule is Cc1cnc(C)c(-c2cc(O)c3c(c2)CN(CC2CNC(=O)O2)CCO3)n1. The highest BCUT2D eigenvalue weighted by molar-refractivity contribution is 5.69. The molecule has 0 radical (unpaired) electrons. The van der Waals surface area contributed by atoms with Gasteiger partial charge >= 0.3 is 6.09 Å². The number of hydrogen-bond donors (Lipinski definition) is 2. The molecule has 4 rings (SSSR count). The number of alkyl carbamates (subject to hydrolysis) is 1. The number of hydrogen-bond acceptors (Lipinski definition) is 7. The summed E-state index contributed by atoms with van der Waals surface area (Å²) in [6.45, 7) is 6.62. The number of cyclic esters (lactones) is 1. The maximum Gasteiger partial charge on any atom is 0.407 e. The average Bonchev–Trinajstić information content (AvgIpc) is 2.92. The Morgan fingerprint density at radius 1 is 1.37 bits per heavy atom. The molecule has 0 bridgehead atoms. The second-order valence-electron chi connectivity index (χ2n) is 6.92. The van der Waals surface area contributed by atoms with Crippen molar-refractivity contribution in [2.75, 3.05) is 26.2 Å². The number of carbonyl (C=O) groups is 1. The summed E-state index contributed by atoms with van der Waals surface area (Å²) in [5.41, 5.74) is 4.05. The molecule has 0 spiro atoms. The van der Waals surface area contributed by atoms with Crippen LogP contribution in [0.25, 0.3) is 11.3 Å². The Hall–Kier alpha value is -2.87. The van der Waals surface area contributed by atoms with Crippen LogP contribution in [0.5, 0.6) is 11.5 Å². The Bertz CT molecular complexity index is 886. The number of carbonyl (C=O) groups excluding carboxylic acids is 1. The van der Waals surface area contributed by atoms with Gasteiger partial charge < -0.3 is 19.9 Å². The van der Waals surface area contributed by atoms with Crippen molar-refractivity contribution in [1.82, 2.24) is 20.2 Å². The van der Waals surface area contributed by atoms with E-state index in [-0.39, 0.29) is 17.9 Å². The molecule has 2 aliphatic rings. The van der Waals surface area contributed by atoms with Crippen molar-refractivity contribution < 1.29 is 19.4 Å². The van der Waals surface area contributed by atoms with Crippen molar-refractivity contribution in [1.29, 1.82) is 0 Å². The minimum Gasteiger partial charge on any atom is -0.504 e. The summed E-state index contributed by atoms with van der Waals surface area (Å²) in [6.07, 6.45) is 1.17. The largest absolute Gasteiger partial charge is 0.504 e. The zero-order chi connectivity index (χ0) is 19.0. The number of phenolic OH excluding ortho intramolecular Hbond substituents is 1. The zero-order valence-corrected chi connectivity index (χ0v) is 15.4. The lowest BCUT2D eigenvalue weighted by Crippen LogP contribution is -2.35. The first-order valence-electron chi connectivity index (χ1n) is 8.96. The number of benzene rings is 1. The van der Waals surface area contributed by atoms with E-state index in [9.17, 15) is 9.90 Å². The molecule has 1 unspecified atom stereocenters. The summed E-state index contributed by atoms with van der Waals surface area (Å²) in [7, 11) is 0. The minimum absolute atomic E-state index is 0.0982. The monoisotopic (exact) mass is 370 g/mol. The molecular formula is C19H22N4O4. The molecule has 8 nitrogen and oxygen atoms in total. The van der Waals surface area contributed by atoms with Gasteiger partial charge in [0.15, 0.2) is 11.5 Å². The molecule has 1 atom stereocenters. The van der Waals surface area contributed by atoms with Crippen molar-refractivity contribution in [2.24, 2.45) is 0 Å². The Morgan fingerprint density at radius 3 is 3.00 bits per heavy atom. The molecule has 2 aromatic rings. The molecule has 1 aromatic carbocycles. The third-order valence-corrected chi connectivity index (χ3v) is 4.75. The number of aryl methyl sites for hydroxylation is 2. The van der Waals surface area contributed by atoms with E-state index in [1.165, 1.54) is 0 Å². The van der Waals surface area contributed by atoms with Gasteiger partial charge in [0.25, 0.3) is 0 Å². The van der Waals surface area contributed by atoms with Gasteiger partial charge in [0.05, 0.1) is 23.6 Å². The van der Waals surface area contributed by atoms with Gasteiger partial charge in [0, 0.05) is 37.0 Å². The number of nitrogens with zero attached hydrogens (tertiary/aromatic N) is 3. The molecule has 1 amide bonds. The molecule has 2 aliphatic heterocycles. The van der Waals surface area contributed by atoms with E-state index in [0.717, 1.165) is 28.2 Å². The van der Waals surface area contributed by atoms with Crippen molar-refractivity contribution in [3.63, 3.8) is 0 Å². The molecule has 0 aliphatic carbocycles. The zero-order valence-electron chi connectivity index (χ0n) is 15.4. The topological polar surface area (TPSA) is 96.8 Å². The predicted molar refractivity (Wildman–Crippen MR) is 97.7 cm³/mol. The van der Waals surface area contributed by atoms with Gasteiger partial charge in [0.2, 0.25) is 0 Å². The van der Waals surface area contributed by atoms with Gasteiger partial charge in [-0.2, -0.15) is 0 Å². The number of aromatic hydroxyl groups is 1. The van der Waals surface area contributed by atoms with Gasteiger partial charge in [-0.05, 0) is 26.0 Å². The van der Waals surface area contributed by atoms with Crippen LogP contribution in [0.4, 0.5) is 4.79 Å². The van der Waals surface area contributed by atoms with Crippen LogP contribution >= 0.6 is 0 Å². The molecule has 1 saturated heterocycles. The Labute approximate surface area is 157 Å². The molecule has 27 heavy (non-hydrogen) atoms. The number of ether oxygens (including phenoxy) is 2. The third kappa shape index (κ3) is 3.66. The highest BCUT2D eigenvalue weighted by atomic mass is 16.6. The number of fused-ring (bicyclic) bond motifs is 1. The van der Waals surface area contributed by atoms with Crippen LogP contribution in [-0.4, -0.2) is 58.4 Å². The van der Waals surface area contributed by atoms with Crippen LogP contribution < -0.4 is 10.1 Å². The molecular weight excluding hydrogens is 348 g/mol. The van der Waals surface area contributed by atoms with E-state index in [1.54, 1.807) is 12.3 Å². The van der Waals surface area contributed by atoms with Crippen LogP contribution in [0.2, 0.25) is 0 Å². The first-order chi connectivity index (χ1) is 13.0. The summed E-state index contributed by atoms with van der Waals surface area (Å²) in [5, 5.41) is 13.2. The summed E-state index contributed by atoms with van der Waals surface area (Å²) >= 11 is 0. The number of amides is 1. The smallest absolute Gasteiger partial charge is 0.407 e. The molecule has 1 fully saturated rings. The highest BCUT2D eigenvalue weighted by Gasteiger charge is 2.27. The minimum atomic E-state index is -0.375. The molecule has 142 valence electrons. The van der Waals surface area contributed by atoms with Crippen molar-refractivity contribution in [3.8, 4) is 22.8 Å². The van der Waals surface area contributed by atoms with Crippen molar-refractivity contribution >= 4 is 6.09 Å². The van der Waals surface area contributed by atoms with Crippen LogP contribution in [0.15, 0.2) is 18.3 Å². The lowest BCUT2D eigenvalue weighted by atomic mass is 10.0. The average molecular weight is 370 g/mol. The number of aromatic nitrogens is 2. The van der Waals surface area contributed by atoms with Gasteiger partial charge in [-0.1, -0.05) is 0 Å². The van der Waals surface area contributed by atoms with Gasteiger partial charge in [-0.15, -0.1) is 0 Å². The Morgan fingerprint density at radius 2 is 2.22 bits per heavy atom. The van der Waals surface area contributed by atoms with Crippen LogP contribution in [0.3, 0.4) is 0 Å². The van der Waals surface area contributed by atoms with Crippen molar-refractivity contribution in [2.45, 2.75) is 26.5 Å². The van der Waals surface area contributed by atoms with Gasteiger partial charge in [-0.3, -0.25) is 9.88 Å². The van der Waals surface area contributed by atoms with E-state index in [2.05, 4.69) is 20.2 Å². The Kier molecular flexibility index (Phi) is 4.57. The Balaban J connectivity index is 1.63. The molecule has 1 aromatic heterocycles. The normalized spacial score (nSPS) is 19.6. The van der Waals surface area contributed by atoms with E-state index in [1.807, 2.05) is 19.9 Å². The predicted octanol–water partition coefficient (Wildman–Crippen LogP) is 1.77. The van der Waals surface area contributed by atoms with Gasteiger partial charge in [-0.25, -0.2) is 9.78 Å². The van der Waals surface area contributed by atoms with E-state index in [0.29, 0.717) is 38.5 Å². The van der Waals surface area contributed by atoms with Crippen molar-refractivity contribution in [3.05, 3.63) is 35.3 Å². The fourth-order valence-electron chi connectivity index (χ4n) is 3.48. The summed E-state index contributed by atoms with van der Waals surface area (Å²) in [4.78, 5) is 22.3. The quantitative estimate of drug-likeness (QED) is 0.850. The summed E-state index contributed by atoms with van der Waals surface area (Å²) in [6, 6.07) is 3.66. The van der Waals surface area contributed by atoms with E-state index < -0.39 is 0 Å².